The highest BCUT2D eigenvalue weighted by atomic mass is 32.1. The molecule has 7 heteroatoms. The Morgan fingerprint density at radius 3 is 3.05 bits per heavy atom. The van der Waals surface area contributed by atoms with Crippen molar-refractivity contribution in [2.75, 3.05) is 11.1 Å². The maximum Gasteiger partial charge on any atom is 0.267 e. The number of hydrogen-bond donors (Lipinski definition) is 4. The molecule has 1 saturated heterocycles. The van der Waals surface area contributed by atoms with Crippen LogP contribution < -0.4 is 16.6 Å². The summed E-state index contributed by atoms with van der Waals surface area (Å²) in [5, 5.41) is 3.12. The van der Waals surface area contributed by atoms with Gasteiger partial charge < -0.3 is 15.8 Å². The van der Waals surface area contributed by atoms with E-state index in [1.807, 2.05) is 0 Å². The summed E-state index contributed by atoms with van der Waals surface area (Å²) in [6.45, 7) is 4.25. The second kappa shape index (κ2) is 5.83. The molecule has 3 atom stereocenters. The van der Waals surface area contributed by atoms with Crippen molar-refractivity contribution >= 4 is 24.4 Å². The predicted octanol–water partition coefficient (Wildman–Crippen LogP) is 1.60. The van der Waals surface area contributed by atoms with E-state index in [1.54, 1.807) is 0 Å². The van der Waals surface area contributed by atoms with Crippen molar-refractivity contribution in [2.45, 2.75) is 50.3 Å². The third-order valence-corrected chi connectivity index (χ3v) is 3.71. The van der Waals surface area contributed by atoms with Crippen molar-refractivity contribution in [3.8, 4) is 0 Å². The summed E-state index contributed by atoms with van der Waals surface area (Å²) in [4.78, 5) is 18.2. The fourth-order valence-electron chi connectivity index (χ4n) is 2.34. The number of H-pyrrole nitrogens is 1. The lowest BCUT2D eigenvalue weighted by Gasteiger charge is -2.18. The molecule has 0 radical (unpaired) electrons. The van der Waals surface area contributed by atoms with Gasteiger partial charge in [0.15, 0.2) is 5.82 Å². The van der Waals surface area contributed by atoms with Crippen LogP contribution in [-0.2, 0) is 4.74 Å². The Kier molecular flexibility index (Phi) is 4.36. The number of thiol groups is 1. The summed E-state index contributed by atoms with van der Waals surface area (Å²) in [5.74, 6) is 0.797. The summed E-state index contributed by atoms with van der Waals surface area (Å²) in [5.41, 5.74) is 5.18. The first-order valence-electron chi connectivity index (χ1n) is 6.52. The second-order valence-corrected chi connectivity index (χ2v) is 5.42. The zero-order chi connectivity index (χ0) is 14.0. The summed E-state index contributed by atoms with van der Waals surface area (Å²) < 4.78 is 5.91. The van der Waals surface area contributed by atoms with Gasteiger partial charge in [0.1, 0.15) is 11.1 Å². The van der Waals surface area contributed by atoms with Crippen molar-refractivity contribution in [1.82, 2.24) is 9.97 Å². The number of nitrogens with two attached hydrogens (primary N) is 1. The van der Waals surface area contributed by atoms with Crippen LogP contribution in [0, 0.1) is 5.92 Å². The quantitative estimate of drug-likeness (QED) is 0.630. The van der Waals surface area contributed by atoms with E-state index in [0.29, 0.717) is 11.7 Å². The van der Waals surface area contributed by atoms with E-state index < -0.39 is 0 Å². The second-order valence-electron chi connectivity index (χ2n) is 4.97. The average molecular weight is 284 g/mol. The van der Waals surface area contributed by atoms with Crippen molar-refractivity contribution in [1.29, 1.82) is 0 Å². The van der Waals surface area contributed by atoms with Gasteiger partial charge in [0.25, 0.3) is 5.56 Å². The molecule has 0 spiro atoms. The Hall–Kier alpha value is -1.21. The van der Waals surface area contributed by atoms with Crippen LogP contribution in [0.4, 0.5) is 11.8 Å². The van der Waals surface area contributed by atoms with Crippen LogP contribution in [-0.4, -0.2) is 22.3 Å². The topological polar surface area (TPSA) is 93.0 Å². The first-order chi connectivity index (χ1) is 9.01. The Labute approximate surface area is 117 Å². The van der Waals surface area contributed by atoms with Crippen LogP contribution in [0.1, 0.15) is 33.1 Å². The van der Waals surface area contributed by atoms with E-state index in [-0.39, 0.29) is 28.7 Å². The van der Waals surface area contributed by atoms with Crippen molar-refractivity contribution in [2.24, 2.45) is 5.92 Å². The number of nitrogens with zero attached hydrogens (tertiary/aromatic N) is 1. The number of nitrogens with one attached hydrogen (secondary N) is 2. The largest absolute Gasteiger partial charge is 0.369 e. The minimum absolute atomic E-state index is 0.0704. The molecule has 1 aliphatic heterocycles. The normalized spacial score (nSPS) is 26.6. The molecule has 1 aliphatic rings. The number of aromatic nitrogens is 2. The third kappa shape index (κ3) is 3.22. The first kappa shape index (κ1) is 14.2. The summed E-state index contributed by atoms with van der Waals surface area (Å²) in [7, 11) is 0. The van der Waals surface area contributed by atoms with Crippen LogP contribution in [0.25, 0.3) is 0 Å². The molecule has 19 heavy (non-hydrogen) atoms. The van der Waals surface area contributed by atoms with Crippen LogP contribution in [0.3, 0.4) is 0 Å². The van der Waals surface area contributed by atoms with E-state index in [2.05, 4.69) is 41.8 Å². The lowest BCUT2D eigenvalue weighted by molar-refractivity contribution is 0.0478. The number of rotatable bonds is 4. The van der Waals surface area contributed by atoms with Crippen LogP contribution in [0.5, 0.6) is 0 Å². The molecule has 4 N–H and O–H groups in total. The SMILES string of the molecule is CCCC1C[C@@H](C)C(Nc2nc(N)[nH]c(=O)c2S)O1. The molecule has 1 fully saturated rings. The number of hydrogen-bond acceptors (Lipinski definition) is 6. The molecule has 0 aromatic carbocycles. The molecule has 1 aromatic rings. The summed E-state index contributed by atoms with van der Waals surface area (Å²) >= 11 is 4.14. The Morgan fingerprint density at radius 1 is 1.63 bits per heavy atom. The monoisotopic (exact) mass is 284 g/mol. The maximum atomic E-state index is 11.6. The molecule has 1 aromatic heterocycles. The fourth-order valence-corrected chi connectivity index (χ4v) is 2.51. The van der Waals surface area contributed by atoms with Gasteiger partial charge in [0, 0.05) is 5.92 Å². The van der Waals surface area contributed by atoms with E-state index >= 15 is 0 Å². The van der Waals surface area contributed by atoms with E-state index in [0.717, 1.165) is 19.3 Å². The van der Waals surface area contributed by atoms with Crippen LogP contribution >= 0.6 is 12.6 Å². The molecule has 2 unspecified atom stereocenters. The minimum atomic E-state index is -0.353. The molecule has 0 saturated carbocycles. The number of anilines is 2. The molecule has 0 amide bonds. The van der Waals surface area contributed by atoms with Crippen molar-refractivity contribution < 1.29 is 4.74 Å². The number of ether oxygens (including phenoxy) is 1. The molecule has 2 rings (SSSR count). The summed E-state index contributed by atoms with van der Waals surface area (Å²) in [6, 6.07) is 0. The molecule has 0 aliphatic carbocycles. The third-order valence-electron chi connectivity index (χ3n) is 3.29. The van der Waals surface area contributed by atoms with Gasteiger partial charge in [-0.05, 0) is 12.8 Å². The zero-order valence-corrected chi connectivity index (χ0v) is 12.0. The van der Waals surface area contributed by atoms with E-state index in [9.17, 15) is 4.79 Å². The lowest BCUT2D eigenvalue weighted by Crippen LogP contribution is -2.27. The fraction of sp³-hybridized carbons (Fsp3) is 0.667. The highest BCUT2D eigenvalue weighted by molar-refractivity contribution is 7.80. The average Bonchev–Trinajstić information content (AvgIpc) is 2.67. The Balaban J connectivity index is 2.11. The van der Waals surface area contributed by atoms with Gasteiger partial charge in [-0.15, -0.1) is 12.6 Å². The maximum absolute atomic E-state index is 11.6. The van der Waals surface area contributed by atoms with Gasteiger partial charge in [-0.1, -0.05) is 20.3 Å². The molecular weight excluding hydrogens is 264 g/mol. The standard InChI is InChI=1S/C12H20N4O2S/c1-3-4-7-5-6(2)11(18-7)14-9-8(19)10(17)16-12(13)15-9/h6-7,11,19H,3-5H2,1-2H3,(H4,13,14,15,16,17)/t6-,7?,11?/m1/s1. The van der Waals surface area contributed by atoms with Crippen molar-refractivity contribution in [3.05, 3.63) is 10.4 Å². The molecule has 0 bridgehead atoms. The zero-order valence-electron chi connectivity index (χ0n) is 11.1. The van der Waals surface area contributed by atoms with Gasteiger partial charge in [0.05, 0.1) is 6.10 Å². The Bertz CT molecular complexity index is 505. The van der Waals surface area contributed by atoms with Gasteiger partial charge in [-0.25, -0.2) is 0 Å². The van der Waals surface area contributed by atoms with Crippen LogP contribution in [0.15, 0.2) is 9.69 Å². The molecule has 2 heterocycles. The van der Waals surface area contributed by atoms with Gasteiger partial charge in [-0.2, -0.15) is 4.98 Å². The summed E-state index contributed by atoms with van der Waals surface area (Å²) in [6.07, 6.45) is 3.25. The minimum Gasteiger partial charge on any atom is -0.369 e. The lowest BCUT2D eigenvalue weighted by atomic mass is 10.0. The highest BCUT2D eigenvalue weighted by Crippen LogP contribution is 2.30. The van der Waals surface area contributed by atoms with Crippen LogP contribution in [0.2, 0.25) is 0 Å². The van der Waals surface area contributed by atoms with E-state index in [1.165, 1.54) is 0 Å². The number of nitrogen functional groups attached to an aromatic ring is 1. The molecule has 6 nitrogen and oxygen atoms in total. The predicted molar refractivity (Wildman–Crippen MR) is 77.5 cm³/mol. The molecular formula is C12H20N4O2S. The van der Waals surface area contributed by atoms with Gasteiger partial charge in [0.2, 0.25) is 5.95 Å². The van der Waals surface area contributed by atoms with Gasteiger partial charge in [-0.3, -0.25) is 9.78 Å². The Morgan fingerprint density at radius 2 is 2.37 bits per heavy atom. The highest BCUT2D eigenvalue weighted by Gasteiger charge is 2.32. The van der Waals surface area contributed by atoms with Crippen molar-refractivity contribution in [3.63, 3.8) is 0 Å². The molecule has 106 valence electrons. The van der Waals surface area contributed by atoms with Gasteiger partial charge >= 0.3 is 0 Å². The smallest absolute Gasteiger partial charge is 0.267 e. The first-order valence-corrected chi connectivity index (χ1v) is 6.96. The number of aromatic amines is 1. The van der Waals surface area contributed by atoms with E-state index in [4.69, 9.17) is 10.5 Å².